The van der Waals surface area contributed by atoms with E-state index in [0.717, 1.165) is 74.1 Å². The van der Waals surface area contributed by atoms with Crippen molar-refractivity contribution in [2.24, 2.45) is 0 Å². The van der Waals surface area contributed by atoms with Crippen LogP contribution in [0.2, 0.25) is 0 Å². The van der Waals surface area contributed by atoms with Gasteiger partial charge in [0.05, 0.1) is 13.7 Å². The van der Waals surface area contributed by atoms with E-state index in [9.17, 15) is 9.59 Å². The summed E-state index contributed by atoms with van der Waals surface area (Å²) in [6.45, 7) is 4.14. The molecule has 3 aliphatic heterocycles. The molecule has 4 heterocycles. The topological polar surface area (TPSA) is 89.8 Å². The maximum absolute atomic E-state index is 14.0. The van der Waals surface area contributed by atoms with Gasteiger partial charge in [-0.25, -0.2) is 0 Å². The van der Waals surface area contributed by atoms with Crippen molar-refractivity contribution in [2.45, 2.75) is 76.8 Å². The lowest BCUT2D eigenvalue weighted by Crippen LogP contribution is -2.41. The molecular weight excluding hydrogens is 518 g/mol. The maximum Gasteiger partial charge on any atom is 0.291 e. The Morgan fingerprint density at radius 2 is 1.83 bits per heavy atom. The Kier molecular flexibility index (Phi) is 7.94. The van der Waals surface area contributed by atoms with Crippen LogP contribution in [-0.4, -0.2) is 64.3 Å². The molecule has 216 valence electrons. The zero-order valence-corrected chi connectivity index (χ0v) is 24.1. The molecule has 2 amide bonds. The van der Waals surface area contributed by atoms with Crippen LogP contribution in [-0.2, 0) is 24.2 Å². The lowest BCUT2D eigenvalue weighted by atomic mass is 9.87. The smallest absolute Gasteiger partial charge is 0.291 e. The summed E-state index contributed by atoms with van der Waals surface area (Å²) in [6.07, 6.45) is 7.15. The van der Waals surface area contributed by atoms with E-state index in [2.05, 4.69) is 28.4 Å². The van der Waals surface area contributed by atoms with Crippen molar-refractivity contribution < 1.29 is 19.1 Å². The Morgan fingerprint density at radius 1 is 0.976 bits per heavy atom. The molecule has 0 radical (unpaired) electrons. The minimum absolute atomic E-state index is 0.0233. The van der Waals surface area contributed by atoms with E-state index >= 15 is 0 Å². The van der Waals surface area contributed by atoms with Crippen molar-refractivity contribution in [3.05, 3.63) is 65.2 Å². The molecule has 0 fully saturated rings. The number of ether oxygens (including phenoxy) is 2. The van der Waals surface area contributed by atoms with E-state index in [-0.39, 0.29) is 23.8 Å². The Balaban J connectivity index is 1.35. The van der Waals surface area contributed by atoms with Crippen LogP contribution < -0.4 is 14.4 Å². The third kappa shape index (κ3) is 5.42. The summed E-state index contributed by atoms with van der Waals surface area (Å²) in [5, 5.41) is 8.76. The molecule has 0 N–H and O–H groups in total. The second-order valence-electron chi connectivity index (χ2n) is 11.3. The molecule has 1 aromatic heterocycles. The molecule has 0 aliphatic carbocycles. The van der Waals surface area contributed by atoms with Crippen LogP contribution in [0.25, 0.3) is 0 Å². The number of rotatable bonds is 2. The van der Waals surface area contributed by atoms with Gasteiger partial charge < -0.3 is 23.8 Å². The summed E-state index contributed by atoms with van der Waals surface area (Å²) in [6, 6.07) is 14.2. The number of carbonyl (C=O) groups is 2. The van der Waals surface area contributed by atoms with Crippen LogP contribution in [0.1, 0.15) is 78.9 Å². The minimum Gasteiger partial charge on any atom is -0.493 e. The predicted octanol–water partition coefficient (Wildman–Crippen LogP) is 4.78. The molecule has 41 heavy (non-hydrogen) atoms. The number of benzene rings is 2. The SMILES string of the molecule is COc1ccc2cc1OCCCCN(C(=O)c1nnc3n1CCCCC3)CC[C@@H]1c3ccccc3N(C(C)=O)[C@@H]1C2. The lowest BCUT2D eigenvalue weighted by Gasteiger charge is -2.30. The van der Waals surface area contributed by atoms with Gasteiger partial charge in [-0.3, -0.25) is 9.59 Å². The third-order valence-electron chi connectivity index (χ3n) is 8.78. The second kappa shape index (κ2) is 11.9. The number of amides is 2. The van der Waals surface area contributed by atoms with Gasteiger partial charge in [-0.05, 0) is 67.9 Å². The van der Waals surface area contributed by atoms with Crippen molar-refractivity contribution >= 4 is 17.5 Å². The van der Waals surface area contributed by atoms with Gasteiger partial charge in [-0.15, -0.1) is 10.2 Å². The minimum atomic E-state index is -0.0737. The fourth-order valence-corrected chi connectivity index (χ4v) is 6.75. The summed E-state index contributed by atoms with van der Waals surface area (Å²) in [7, 11) is 1.65. The normalized spacial score (nSPS) is 21.0. The van der Waals surface area contributed by atoms with Crippen LogP contribution in [0.3, 0.4) is 0 Å². The van der Waals surface area contributed by atoms with Gasteiger partial charge in [0.1, 0.15) is 5.82 Å². The van der Waals surface area contributed by atoms with Crippen molar-refractivity contribution in [3.63, 3.8) is 0 Å². The molecule has 3 aromatic rings. The van der Waals surface area contributed by atoms with Gasteiger partial charge >= 0.3 is 0 Å². The zero-order valence-electron chi connectivity index (χ0n) is 24.1. The number of carbonyl (C=O) groups excluding carboxylic acids is 2. The highest BCUT2D eigenvalue weighted by atomic mass is 16.5. The standard InChI is InChI=1S/C32H39N5O4/c1-22(38)37-26-11-6-5-10-24(26)25-15-18-35(32(39)31-34-33-30-12-4-3-7-17-36(30)31)16-8-9-19-41-29-21-23(20-27(25)37)13-14-28(29)40-2/h5-6,10-11,13-14,21,25,27H,3-4,7-9,12,15-20H2,1-2H3/t25-,27-/m1/s1. The van der Waals surface area contributed by atoms with Crippen LogP contribution in [0.15, 0.2) is 42.5 Å². The summed E-state index contributed by atoms with van der Waals surface area (Å²) >= 11 is 0. The second-order valence-corrected chi connectivity index (χ2v) is 11.3. The lowest BCUT2D eigenvalue weighted by molar-refractivity contribution is -0.117. The highest BCUT2D eigenvalue weighted by molar-refractivity contribution is 5.95. The number of methoxy groups -OCH3 is 1. The Labute approximate surface area is 241 Å². The number of hydrogen-bond acceptors (Lipinski definition) is 6. The van der Waals surface area contributed by atoms with Gasteiger partial charge in [0, 0.05) is 50.6 Å². The van der Waals surface area contributed by atoms with Gasteiger partial charge in [0.2, 0.25) is 11.7 Å². The van der Waals surface area contributed by atoms with Crippen LogP contribution >= 0.6 is 0 Å². The fraction of sp³-hybridized carbons (Fsp3) is 0.500. The molecule has 9 heteroatoms. The number of aromatic nitrogens is 3. The van der Waals surface area contributed by atoms with E-state index in [1.165, 1.54) is 0 Å². The average molecular weight is 558 g/mol. The molecule has 9 nitrogen and oxygen atoms in total. The summed E-state index contributed by atoms with van der Waals surface area (Å²) in [5.41, 5.74) is 3.21. The van der Waals surface area contributed by atoms with E-state index < -0.39 is 0 Å². The Hall–Kier alpha value is -3.88. The van der Waals surface area contributed by atoms with Crippen LogP contribution in [0.4, 0.5) is 5.69 Å². The van der Waals surface area contributed by atoms with Crippen molar-refractivity contribution in [1.82, 2.24) is 19.7 Å². The quantitative estimate of drug-likeness (QED) is 0.451. The molecule has 0 saturated carbocycles. The van der Waals surface area contributed by atoms with Gasteiger partial charge in [0.15, 0.2) is 11.5 Å². The summed E-state index contributed by atoms with van der Waals surface area (Å²) in [5.74, 6) is 2.82. The Morgan fingerprint density at radius 3 is 2.68 bits per heavy atom. The van der Waals surface area contributed by atoms with E-state index in [0.29, 0.717) is 43.4 Å². The molecule has 0 saturated heterocycles. The zero-order chi connectivity index (χ0) is 28.3. The molecule has 2 atom stereocenters. The van der Waals surface area contributed by atoms with Crippen molar-refractivity contribution in [2.75, 3.05) is 31.7 Å². The summed E-state index contributed by atoms with van der Waals surface area (Å²) in [4.78, 5) is 31.0. The number of anilines is 1. The molecule has 0 spiro atoms. The van der Waals surface area contributed by atoms with E-state index in [1.807, 2.05) is 38.6 Å². The molecule has 0 unspecified atom stereocenters. The highest BCUT2D eigenvalue weighted by Gasteiger charge is 2.40. The molecule has 6 rings (SSSR count). The Bertz CT molecular complexity index is 1420. The number of aryl methyl sites for hydroxylation is 1. The third-order valence-corrected chi connectivity index (χ3v) is 8.78. The molecular formula is C32H39N5O4. The highest BCUT2D eigenvalue weighted by Crippen LogP contribution is 2.44. The summed E-state index contributed by atoms with van der Waals surface area (Å²) < 4.78 is 13.8. The predicted molar refractivity (Wildman–Crippen MR) is 156 cm³/mol. The van der Waals surface area contributed by atoms with E-state index in [4.69, 9.17) is 9.47 Å². The first kappa shape index (κ1) is 27.3. The van der Waals surface area contributed by atoms with Crippen LogP contribution in [0, 0.1) is 0 Å². The average Bonchev–Trinajstić information content (AvgIpc) is 3.42. The number of fused-ring (bicyclic) bond motifs is 6. The van der Waals surface area contributed by atoms with Gasteiger partial charge in [-0.2, -0.15) is 0 Å². The number of para-hydroxylation sites is 1. The van der Waals surface area contributed by atoms with Crippen molar-refractivity contribution in [1.29, 1.82) is 0 Å². The molecule has 2 bridgehead atoms. The van der Waals surface area contributed by atoms with Crippen LogP contribution in [0.5, 0.6) is 11.5 Å². The molecule has 2 aromatic carbocycles. The van der Waals surface area contributed by atoms with Gasteiger partial charge in [-0.1, -0.05) is 30.7 Å². The fourth-order valence-electron chi connectivity index (χ4n) is 6.75. The first-order chi connectivity index (χ1) is 20.0. The number of nitrogens with zero attached hydrogens (tertiary/aromatic N) is 5. The van der Waals surface area contributed by atoms with Gasteiger partial charge in [0.25, 0.3) is 5.91 Å². The first-order valence-corrected chi connectivity index (χ1v) is 14.9. The monoisotopic (exact) mass is 557 g/mol. The number of hydrogen-bond donors (Lipinski definition) is 0. The maximum atomic E-state index is 14.0. The van der Waals surface area contributed by atoms with Crippen molar-refractivity contribution in [3.8, 4) is 11.5 Å². The largest absolute Gasteiger partial charge is 0.493 e. The molecule has 3 aliphatic rings. The first-order valence-electron chi connectivity index (χ1n) is 14.9. The van der Waals surface area contributed by atoms with E-state index in [1.54, 1.807) is 14.0 Å².